The third-order valence-corrected chi connectivity index (χ3v) is 6.41. The van der Waals surface area contributed by atoms with E-state index in [1.165, 1.54) is 24.3 Å². The molecule has 0 unspecified atom stereocenters. The smallest absolute Gasteiger partial charge is 0.211 e. The second-order valence-electron chi connectivity index (χ2n) is 4.27. The summed E-state index contributed by atoms with van der Waals surface area (Å²) in [5, 5.41) is 0.234. The van der Waals surface area contributed by atoms with Gasteiger partial charge in [-0.3, -0.25) is 0 Å². The van der Waals surface area contributed by atoms with E-state index in [9.17, 15) is 16.8 Å². The van der Waals surface area contributed by atoms with Gasteiger partial charge in [-0.15, -0.1) is 4.13 Å². The zero-order valence-corrected chi connectivity index (χ0v) is 11.7. The maximum atomic E-state index is 11.9. The van der Waals surface area contributed by atoms with Crippen molar-refractivity contribution in [2.45, 2.75) is 17.7 Å². The summed E-state index contributed by atoms with van der Waals surface area (Å²) in [6, 6.07) is 5.46. The van der Waals surface area contributed by atoms with Gasteiger partial charge in [0.15, 0.2) is 0 Å². The van der Waals surface area contributed by atoms with Gasteiger partial charge in [-0.2, -0.15) is 0 Å². The van der Waals surface area contributed by atoms with Gasteiger partial charge in [0.2, 0.25) is 10.0 Å². The maximum absolute atomic E-state index is 11.9. The van der Waals surface area contributed by atoms with Crippen LogP contribution < -0.4 is 4.13 Å². The minimum atomic E-state index is -4.08. The van der Waals surface area contributed by atoms with Crippen molar-refractivity contribution < 1.29 is 16.8 Å². The van der Waals surface area contributed by atoms with Gasteiger partial charge in [0.1, 0.15) is 0 Å². The highest BCUT2D eigenvalue weighted by Gasteiger charge is 2.31. The predicted octanol–water partition coefficient (Wildman–Crippen LogP) is 1.36. The number of rotatable bonds is 5. The SMILES string of the molecule is O=S(=O)(CC1CC1)NS(=O)(=O)c1cccc(Cl)c1. The summed E-state index contributed by atoms with van der Waals surface area (Å²) in [7, 11) is -7.90. The molecule has 1 aromatic carbocycles. The molecule has 1 aromatic rings. The fourth-order valence-corrected chi connectivity index (χ4v) is 5.22. The molecule has 1 fully saturated rings. The molecule has 5 nitrogen and oxygen atoms in total. The minimum Gasteiger partial charge on any atom is -0.211 e. The van der Waals surface area contributed by atoms with Gasteiger partial charge in [0.25, 0.3) is 10.0 Å². The molecule has 0 amide bonds. The number of sulfonamides is 2. The quantitative estimate of drug-likeness (QED) is 0.890. The number of nitrogens with one attached hydrogen (secondary N) is 1. The second kappa shape index (κ2) is 4.80. The molecule has 18 heavy (non-hydrogen) atoms. The summed E-state index contributed by atoms with van der Waals surface area (Å²) < 4.78 is 48.7. The van der Waals surface area contributed by atoms with E-state index in [1.807, 2.05) is 0 Å². The molecule has 0 aromatic heterocycles. The Hall–Kier alpha value is -0.630. The summed E-state index contributed by atoms with van der Waals surface area (Å²) in [5.41, 5.74) is 0. The van der Waals surface area contributed by atoms with Crippen LogP contribution in [0.4, 0.5) is 0 Å². The molecule has 1 saturated carbocycles. The summed E-state index contributed by atoms with van der Waals surface area (Å²) >= 11 is 5.67. The molecule has 0 heterocycles. The predicted molar refractivity (Wildman–Crippen MR) is 68.3 cm³/mol. The van der Waals surface area contributed by atoms with Crippen molar-refractivity contribution in [3.8, 4) is 0 Å². The third kappa shape index (κ3) is 3.68. The number of hydrogen-bond donors (Lipinski definition) is 1. The third-order valence-electron chi connectivity index (χ3n) is 2.50. The summed E-state index contributed by atoms with van der Waals surface area (Å²) in [6.07, 6.45) is 1.66. The normalized spacial score (nSPS) is 16.7. The highest BCUT2D eigenvalue weighted by molar-refractivity contribution is 8.04. The van der Waals surface area contributed by atoms with Crippen molar-refractivity contribution in [3.05, 3.63) is 29.3 Å². The number of benzene rings is 1. The Morgan fingerprint density at radius 3 is 2.44 bits per heavy atom. The van der Waals surface area contributed by atoms with E-state index < -0.39 is 20.0 Å². The van der Waals surface area contributed by atoms with Gasteiger partial charge >= 0.3 is 0 Å². The molecule has 1 aliphatic carbocycles. The first-order valence-electron chi connectivity index (χ1n) is 5.30. The lowest BCUT2D eigenvalue weighted by Crippen LogP contribution is -2.33. The Labute approximate surface area is 111 Å². The molecular formula is C10H12ClNO4S2. The molecule has 0 saturated heterocycles. The summed E-state index contributed by atoms with van der Waals surface area (Å²) in [5.74, 6) is -0.0654. The van der Waals surface area contributed by atoms with Crippen LogP contribution in [0, 0.1) is 5.92 Å². The minimum absolute atomic E-state index is 0.0806. The van der Waals surface area contributed by atoms with E-state index in [0.29, 0.717) is 0 Å². The number of halogens is 1. The van der Waals surface area contributed by atoms with E-state index in [1.54, 1.807) is 4.13 Å². The van der Waals surface area contributed by atoms with Gasteiger partial charge in [0.05, 0.1) is 10.6 Å². The van der Waals surface area contributed by atoms with Crippen molar-refractivity contribution in [2.24, 2.45) is 5.92 Å². The second-order valence-corrected chi connectivity index (χ2v) is 8.41. The first-order chi connectivity index (χ1) is 8.28. The molecule has 100 valence electrons. The van der Waals surface area contributed by atoms with Crippen molar-refractivity contribution in [1.29, 1.82) is 0 Å². The Bertz CT molecular complexity index is 650. The van der Waals surface area contributed by atoms with Gasteiger partial charge < -0.3 is 0 Å². The fraction of sp³-hybridized carbons (Fsp3) is 0.400. The van der Waals surface area contributed by atoms with E-state index in [4.69, 9.17) is 11.6 Å². The zero-order chi connectivity index (χ0) is 13.4. The van der Waals surface area contributed by atoms with Gasteiger partial charge in [-0.25, -0.2) is 16.8 Å². The van der Waals surface area contributed by atoms with E-state index in [2.05, 4.69) is 0 Å². The van der Waals surface area contributed by atoms with Crippen LogP contribution in [0.5, 0.6) is 0 Å². The molecule has 0 spiro atoms. The van der Waals surface area contributed by atoms with Gasteiger partial charge in [-0.05, 0) is 37.0 Å². The molecule has 0 aliphatic heterocycles. The molecule has 0 atom stereocenters. The lowest BCUT2D eigenvalue weighted by Gasteiger charge is -2.07. The highest BCUT2D eigenvalue weighted by atomic mass is 35.5. The molecule has 1 aliphatic rings. The largest absolute Gasteiger partial charge is 0.253 e. The van der Waals surface area contributed by atoms with Gasteiger partial charge in [0, 0.05) is 5.02 Å². The molecule has 8 heteroatoms. The first-order valence-corrected chi connectivity index (χ1v) is 8.82. The van der Waals surface area contributed by atoms with Crippen LogP contribution in [-0.2, 0) is 20.0 Å². The van der Waals surface area contributed by atoms with E-state index >= 15 is 0 Å². The lowest BCUT2D eigenvalue weighted by molar-refractivity contribution is 0.575. The first kappa shape index (κ1) is 13.8. The van der Waals surface area contributed by atoms with Crippen LogP contribution in [0.1, 0.15) is 12.8 Å². The maximum Gasteiger partial charge on any atom is 0.253 e. The van der Waals surface area contributed by atoms with Crippen molar-refractivity contribution in [3.63, 3.8) is 0 Å². The molecule has 0 radical (unpaired) electrons. The average molecular weight is 310 g/mol. The highest BCUT2D eigenvalue weighted by Crippen LogP contribution is 2.30. The van der Waals surface area contributed by atoms with Gasteiger partial charge in [-0.1, -0.05) is 17.7 Å². The van der Waals surface area contributed by atoms with Crippen LogP contribution in [0.25, 0.3) is 0 Å². The van der Waals surface area contributed by atoms with Crippen LogP contribution in [0.15, 0.2) is 29.2 Å². The molecule has 0 bridgehead atoms. The summed E-state index contributed by atoms with van der Waals surface area (Å²) in [6.45, 7) is 0. The van der Waals surface area contributed by atoms with Crippen LogP contribution in [-0.4, -0.2) is 22.6 Å². The molecular weight excluding hydrogens is 298 g/mol. The molecule has 2 rings (SSSR count). The van der Waals surface area contributed by atoms with Crippen LogP contribution >= 0.6 is 11.6 Å². The fourth-order valence-electron chi connectivity index (χ4n) is 1.48. The topological polar surface area (TPSA) is 80.3 Å². The van der Waals surface area contributed by atoms with Crippen molar-refractivity contribution in [1.82, 2.24) is 4.13 Å². The summed E-state index contributed by atoms with van der Waals surface area (Å²) in [4.78, 5) is -0.158. The van der Waals surface area contributed by atoms with Crippen molar-refractivity contribution >= 4 is 31.6 Å². The Balaban J connectivity index is 2.21. The average Bonchev–Trinajstić information content (AvgIpc) is 2.99. The van der Waals surface area contributed by atoms with Crippen molar-refractivity contribution in [2.75, 3.05) is 5.75 Å². The molecule has 1 N–H and O–H groups in total. The van der Waals surface area contributed by atoms with E-state index in [-0.39, 0.29) is 21.6 Å². The Morgan fingerprint density at radius 2 is 1.89 bits per heavy atom. The lowest BCUT2D eigenvalue weighted by atomic mass is 10.4. The monoisotopic (exact) mass is 309 g/mol. The van der Waals surface area contributed by atoms with Crippen LogP contribution in [0.3, 0.4) is 0 Å². The van der Waals surface area contributed by atoms with Crippen LogP contribution in [0.2, 0.25) is 5.02 Å². The number of hydrogen-bond acceptors (Lipinski definition) is 4. The zero-order valence-electron chi connectivity index (χ0n) is 9.34. The standard InChI is InChI=1S/C10H12ClNO4S2/c11-9-2-1-3-10(6-9)18(15,16)12-17(13,14)7-8-4-5-8/h1-3,6,8,12H,4-5,7H2. The van der Waals surface area contributed by atoms with E-state index in [0.717, 1.165) is 12.8 Å². The Kier molecular flexibility index (Phi) is 3.68. The Morgan fingerprint density at radius 1 is 1.22 bits per heavy atom.